The molecule has 0 aliphatic carbocycles. The Kier molecular flexibility index (Phi) is 8.01. The van der Waals surface area contributed by atoms with Gasteiger partial charge >= 0.3 is 0 Å². The molecule has 0 saturated heterocycles. The number of para-hydroxylation sites is 1. The van der Waals surface area contributed by atoms with Crippen molar-refractivity contribution in [3.8, 4) is 5.75 Å². The fourth-order valence-electron chi connectivity index (χ4n) is 1.77. The molecule has 1 unspecified atom stereocenters. The van der Waals surface area contributed by atoms with Gasteiger partial charge in [-0.25, -0.2) is 0 Å². The fraction of sp³-hybridized carbons (Fsp3) is 0.571. The highest BCUT2D eigenvalue weighted by Gasteiger charge is 2.06. The number of hydrogen-bond donors (Lipinski definition) is 1. The van der Waals surface area contributed by atoms with Crippen molar-refractivity contribution in [1.29, 1.82) is 0 Å². The SMILES string of the molecule is CCCCC(N)COc1c(C)cccc1C.Cl. The minimum Gasteiger partial charge on any atom is -0.491 e. The molecule has 0 amide bonds. The Bertz CT molecular complexity index is 308. The van der Waals surface area contributed by atoms with Gasteiger partial charge in [0, 0.05) is 6.04 Å². The molecule has 0 fully saturated rings. The monoisotopic (exact) mass is 257 g/mol. The summed E-state index contributed by atoms with van der Waals surface area (Å²) >= 11 is 0. The van der Waals surface area contributed by atoms with Crippen molar-refractivity contribution in [1.82, 2.24) is 0 Å². The van der Waals surface area contributed by atoms with Crippen LogP contribution in [-0.2, 0) is 0 Å². The molecular formula is C14H24ClNO. The van der Waals surface area contributed by atoms with Crippen molar-refractivity contribution in [2.75, 3.05) is 6.61 Å². The van der Waals surface area contributed by atoms with Crippen molar-refractivity contribution in [3.05, 3.63) is 29.3 Å². The van der Waals surface area contributed by atoms with Crippen LogP contribution in [0.15, 0.2) is 18.2 Å². The molecule has 1 aromatic rings. The third kappa shape index (κ3) is 5.42. The molecule has 2 nitrogen and oxygen atoms in total. The Hall–Kier alpha value is -0.730. The van der Waals surface area contributed by atoms with E-state index in [0.29, 0.717) is 6.61 Å². The van der Waals surface area contributed by atoms with Gasteiger partial charge < -0.3 is 10.5 Å². The molecule has 0 aromatic heterocycles. The Balaban J connectivity index is 0.00000256. The van der Waals surface area contributed by atoms with E-state index >= 15 is 0 Å². The summed E-state index contributed by atoms with van der Waals surface area (Å²) in [5, 5.41) is 0. The summed E-state index contributed by atoms with van der Waals surface area (Å²) in [5.74, 6) is 0.995. The number of ether oxygens (including phenoxy) is 1. The lowest BCUT2D eigenvalue weighted by Crippen LogP contribution is -2.27. The number of aryl methyl sites for hydroxylation is 2. The highest BCUT2D eigenvalue weighted by molar-refractivity contribution is 5.85. The maximum atomic E-state index is 5.98. The van der Waals surface area contributed by atoms with Crippen LogP contribution >= 0.6 is 12.4 Å². The van der Waals surface area contributed by atoms with Crippen molar-refractivity contribution in [2.45, 2.75) is 46.1 Å². The zero-order valence-electron chi connectivity index (χ0n) is 11.0. The summed E-state index contributed by atoms with van der Waals surface area (Å²) < 4.78 is 5.80. The molecule has 0 saturated carbocycles. The average Bonchev–Trinajstić information content (AvgIpc) is 2.25. The van der Waals surface area contributed by atoms with Gasteiger partial charge in [0.2, 0.25) is 0 Å². The zero-order valence-corrected chi connectivity index (χ0v) is 11.8. The lowest BCUT2D eigenvalue weighted by Gasteiger charge is -2.15. The molecule has 1 rings (SSSR count). The van der Waals surface area contributed by atoms with Gasteiger partial charge in [0.25, 0.3) is 0 Å². The average molecular weight is 258 g/mol. The first-order valence-corrected chi connectivity index (χ1v) is 6.09. The Labute approximate surface area is 111 Å². The molecule has 3 heteroatoms. The molecular weight excluding hydrogens is 234 g/mol. The van der Waals surface area contributed by atoms with Crippen molar-refractivity contribution in [3.63, 3.8) is 0 Å². The van der Waals surface area contributed by atoms with E-state index in [4.69, 9.17) is 10.5 Å². The van der Waals surface area contributed by atoms with E-state index in [1.54, 1.807) is 0 Å². The van der Waals surface area contributed by atoms with Crippen LogP contribution in [0.5, 0.6) is 5.75 Å². The van der Waals surface area contributed by atoms with E-state index in [0.717, 1.165) is 12.2 Å². The first-order chi connectivity index (χ1) is 7.65. The second-order valence-electron chi connectivity index (χ2n) is 4.43. The van der Waals surface area contributed by atoms with E-state index in [2.05, 4.69) is 39.0 Å². The fourth-order valence-corrected chi connectivity index (χ4v) is 1.77. The summed E-state index contributed by atoms with van der Waals surface area (Å²) in [6, 6.07) is 6.34. The topological polar surface area (TPSA) is 35.2 Å². The van der Waals surface area contributed by atoms with Gasteiger partial charge in [-0.1, -0.05) is 38.0 Å². The van der Waals surface area contributed by atoms with Crippen LogP contribution < -0.4 is 10.5 Å². The molecule has 17 heavy (non-hydrogen) atoms. The van der Waals surface area contributed by atoms with E-state index in [-0.39, 0.29) is 18.4 Å². The lowest BCUT2D eigenvalue weighted by molar-refractivity contribution is 0.276. The summed E-state index contributed by atoms with van der Waals surface area (Å²) in [5.41, 5.74) is 8.35. The molecule has 0 heterocycles. The van der Waals surface area contributed by atoms with E-state index < -0.39 is 0 Å². The van der Waals surface area contributed by atoms with Crippen LogP contribution in [0, 0.1) is 13.8 Å². The van der Waals surface area contributed by atoms with Gasteiger partial charge in [-0.2, -0.15) is 0 Å². The first-order valence-electron chi connectivity index (χ1n) is 6.09. The minimum absolute atomic E-state index is 0. The van der Waals surface area contributed by atoms with Crippen LogP contribution in [0.25, 0.3) is 0 Å². The maximum Gasteiger partial charge on any atom is 0.125 e. The summed E-state index contributed by atoms with van der Waals surface area (Å²) in [6.45, 7) is 6.94. The Morgan fingerprint density at radius 3 is 2.35 bits per heavy atom. The maximum absolute atomic E-state index is 5.98. The molecule has 0 spiro atoms. The van der Waals surface area contributed by atoms with Crippen molar-refractivity contribution < 1.29 is 4.74 Å². The summed E-state index contributed by atoms with van der Waals surface area (Å²) in [6.07, 6.45) is 3.41. The quantitative estimate of drug-likeness (QED) is 0.845. The number of benzene rings is 1. The lowest BCUT2D eigenvalue weighted by atomic mass is 10.1. The van der Waals surface area contributed by atoms with Crippen LogP contribution in [0.1, 0.15) is 37.3 Å². The number of halogens is 1. The van der Waals surface area contributed by atoms with Crippen LogP contribution in [0.2, 0.25) is 0 Å². The van der Waals surface area contributed by atoms with Crippen LogP contribution in [-0.4, -0.2) is 12.6 Å². The first kappa shape index (κ1) is 16.3. The predicted octanol–water partition coefficient (Wildman–Crippen LogP) is 3.62. The standard InChI is InChI=1S/C14H23NO.ClH/c1-4-5-9-13(15)10-16-14-11(2)7-6-8-12(14)3;/h6-8,13H,4-5,9-10,15H2,1-3H3;1H. The minimum atomic E-state index is 0. The molecule has 1 aromatic carbocycles. The zero-order chi connectivity index (χ0) is 12.0. The van der Waals surface area contributed by atoms with Gasteiger partial charge in [0.15, 0.2) is 0 Å². The highest BCUT2D eigenvalue weighted by atomic mass is 35.5. The second-order valence-corrected chi connectivity index (χ2v) is 4.43. The molecule has 0 radical (unpaired) electrons. The predicted molar refractivity (Wildman–Crippen MR) is 76.2 cm³/mol. The largest absolute Gasteiger partial charge is 0.491 e. The van der Waals surface area contributed by atoms with Gasteiger partial charge in [-0.15, -0.1) is 12.4 Å². The molecule has 98 valence electrons. The number of rotatable bonds is 6. The van der Waals surface area contributed by atoms with Crippen molar-refractivity contribution >= 4 is 12.4 Å². The third-order valence-electron chi connectivity index (χ3n) is 2.78. The van der Waals surface area contributed by atoms with E-state index in [1.807, 2.05) is 0 Å². The van der Waals surface area contributed by atoms with Gasteiger partial charge in [-0.3, -0.25) is 0 Å². The second kappa shape index (κ2) is 8.37. The summed E-state index contributed by atoms with van der Waals surface area (Å²) in [4.78, 5) is 0. The smallest absolute Gasteiger partial charge is 0.125 e. The number of nitrogens with two attached hydrogens (primary N) is 1. The van der Waals surface area contributed by atoms with Gasteiger partial charge in [0.05, 0.1) is 0 Å². The van der Waals surface area contributed by atoms with Crippen LogP contribution in [0.4, 0.5) is 0 Å². The Morgan fingerprint density at radius 1 is 1.24 bits per heavy atom. The van der Waals surface area contributed by atoms with E-state index in [9.17, 15) is 0 Å². The summed E-state index contributed by atoms with van der Waals surface area (Å²) in [7, 11) is 0. The molecule has 0 aliphatic heterocycles. The third-order valence-corrected chi connectivity index (χ3v) is 2.78. The normalized spacial score (nSPS) is 11.8. The Morgan fingerprint density at radius 2 is 1.82 bits per heavy atom. The van der Waals surface area contributed by atoms with Crippen LogP contribution in [0.3, 0.4) is 0 Å². The van der Waals surface area contributed by atoms with E-state index in [1.165, 1.54) is 24.0 Å². The van der Waals surface area contributed by atoms with Crippen molar-refractivity contribution in [2.24, 2.45) is 5.73 Å². The molecule has 2 N–H and O–H groups in total. The van der Waals surface area contributed by atoms with Gasteiger partial charge in [-0.05, 0) is 31.4 Å². The molecule has 1 atom stereocenters. The number of hydrogen-bond acceptors (Lipinski definition) is 2. The van der Waals surface area contributed by atoms with Gasteiger partial charge in [0.1, 0.15) is 12.4 Å². The highest BCUT2D eigenvalue weighted by Crippen LogP contribution is 2.22. The number of unbranched alkanes of at least 4 members (excludes halogenated alkanes) is 1. The molecule has 0 aliphatic rings. The molecule has 0 bridgehead atoms.